The molecule has 0 amide bonds. The summed E-state index contributed by atoms with van der Waals surface area (Å²) in [6.07, 6.45) is 13.5. The zero-order chi connectivity index (χ0) is 32.1. The number of fused-ring (bicyclic) bond motifs is 6. The molecular weight excluding hydrogens is 583 g/mol. The van der Waals surface area contributed by atoms with Crippen molar-refractivity contribution in [2.24, 2.45) is 16.8 Å². The number of benzene rings is 5. The summed E-state index contributed by atoms with van der Waals surface area (Å²) >= 11 is 0. The predicted octanol–water partition coefficient (Wildman–Crippen LogP) is 10.4. The largest absolute Gasteiger partial charge is 0.296 e. The zero-order valence-corrected chi connectivity index (χ0v) is 26.6. The number of nitrogens with one attached hydrogen (secondary N) is 1. The fraction of sp³-hybridized carbons (Fsp3) is 0.111. The molecule has 3 nitrogen and oxygen atoms in total. The first-order valence-corrected chi connectivity index (χ1v) is 16.9. The fourth-order valence-corrected chi connectivity index (χ4v) is 8.68. The van der Waals surface area contributed by atoms with Gasteiger partial charge in [-0.2, -0.15) is 0 Å². The number of aliphatic imine (C=N–C) groups is 1. The molecule has 3 atom stereocenters. The second-order valence-corrected chi connectivity index (χ2v) is 13.0. The van der Waals surface area contributed by atoms with Gasteiger partial charge < -0.3 is 0 Å². The Morgan fingerprint density at radius 2 is 1.42 bits per heavy atom. The molecule has 3 heteroatoms. The number of allylic oxidation sites excluding steroid dienone is 5. The van der Waals surface area contributed by atoms with Gasteiger partial charge in [-0.05, 0) is 70.9 Å². The minimum Gasteiger partial charge on any atom is -0.296 e. The molecule has 48 heavy (non-hydrogen) atoms. The average Bonchev–Trinajstić information content (AvgIpc) is 3.64. The maximum absolute atomic E-state index is 9.59. The number of aromatic nitrogens is 1. The predicted molar refractivity (Wildman–Crippen MR) is 199 cm³/mol. The maximum atomic E-state index is 9.59. The summed E-state index contributed by atoms with van der Waals surface area (Å²) < 4.78 is 2.25. The lowest BCUT2D eigenvalue weighted by atomic mass is 9.58. The van der Waals surface area contributed by atoms with Crippen molar-refractivity contribution in [1.82, 2.24) is 4.57 Å². The molecule has 1 heterocycles. The van der Waals surface area contributed by atoms with Crippen LogP contribution in [0.1, 0.15) is 39.9 Å². The van der Waals surface area contributed by atoms with Crippen LogP contribution in [0.2, 0.25) is 0 Å². The molecule has 3 unspecified atom stereocenters. The number of hydrogen-bond acceptors (Lipinski definition) is 2. The number of para-hydroxylation sites is 2. The summed E-state index contributed by atoms with van der Waals surface area (Å²) in [6, 6.07) is 49.0. The summed E-state index contributed by atoms with van der Waals surface area (Å²) in [5.41, 5.74) is 10.9. The average molecular weight is 618 g/mol. The standard InChI is InChI=1S/C45H35N3/c46-43(31-17-5-1-6-18-31)44(47-34-23-11-4-12-24-34)48-41-28-16-14-26-36(41)38-29-40-37(30-42(38)48)35-25-13-15-27-39(35)45(40,32-19-7-2-8-20-32)33-21-9-3-10-22-33/h1-21,23-28,30,33,40,46H,22,29H2/b46-43?,47-44+. The van der Waals surface area contributed by atoms with Crippen molar-refractivity contribution in [3.8, 4) is 0 Å². The Balaban J connectivity index is 1.33. The van der Waals surface area contributed by atoms with Crippen molar-refractivity contribution >= 4 is 39.8 Å². The van der Waals surface area contributed by atoms with E-state index in [0.717, 1.165) is 35.3 Å². The van der Waals surface area contributed by atoms with Crippen LogP contribution in [-0.2, 0) is 11.8 Å². The van der Waals surface area contributed by atoms with Gasteiger partial charge in [0.2, 0.25) is 0 Å². The van der Waals surface area contributed by atoms with E-state index in [4.69, 9.17) is 4.99 Å². The maximum Gasteiger partial charge on any atom is 0.164 e. The van der Waals surface area contributed by atoms with E-state index in [2.05, 4.69) is 114 Å². The van der Waals surface area contributed by atoms with Gasteiger partial charge in [0.15, 0.2) is 5.84 Å². The van der Waals surface area contributed by atoms with Crippen molar-refractivity contribution in [3.63, 3.8) is 0 Å². The van der Waals surface area contributed by atoms with E-state index in [1.807, 2.05) is 60.7 Å². The van der Waals surface area contributed by atoms with Gasteiger partial charge >= 0.3 is 0 Å². The Bertz CT molecular complexity index is 2300. The molecular formula is C45H35N3. The summed E-state index contributed by atoms with van der Waals surface area (Å²) in [4.78, 5) is 5.22. The molecule has 0 radical (unpaired) electrons. The summed E-state index contributed by atoms with van der Waals surface area (Å²) in [5, 5.41) is 10.8. The lowest BCUT2D eigenvalue weighted by molar-refractivity contribution is 0.309. The van der Waals surface area contributed by atoms with Gasteiger partial charge in [0.25, 0.3) is 0 Å². The quantitative estimate of drug-likeness (QED) is 0.148. The minimum atomic E-state index is -0.219. The molecule has 6 aromatic rings. The Morgan fingerprint density at radius 1 is 0.729 bits per heavy atom. The Labute approximate surface area is 281 Å². The highest BCUT2D eigenvalue weighted by molar-refractivity contribution is 6.48. The molecule has 230 valence electrons. The normalized spacial score (nSPS) is 21.0. The second kappa shape index (κ2) is 11.5. The van der Waals surface area contributed by atoms with Crippen LogP contribution >= 0.6 is 0 Å². The van der Waals surface area contributed by atoms with E-state index in [9.17, 15) is 5.41 Å². The number of rotatable bonds is 5. The van der Waals surface area contributed by atoms with Gasteiger partial charge in [-0.1, -0.05) is 146 Å². The molecule has 9 rings (SSSR count). The molecule has 0 saturated carbocycles. The molecule has 0 aliphatic heterocycles. The van der Waals surface area contributed by atoms with Crippen LogP contribution < -0.4 is 0 Å². The van der Waals surface area contributed by atoms with Gasteiger partial charge in [0.1, 0.15) is 5.71 Å². The highest BCUT2D eigenvalue weighted by Gasteiger charge is 2.55. The lowest BCUT2D eigenvalue weighted by Crippen LogP contribution is -2.42. The molecule has 0 fully saturated rings. The zero-order valence-electron chi connectivity index (χ0n) is 26.6. The van der Waals surface area contributed by atoms with Crippen LogP contribution in [0.5, 0.6) is 0 Å². The molecule has 1 aromatic heterocycles. The third-order valence-electron chi connectivity index (χ3n) is 10.6. The van der Waals surface area contributed by atoms with Crippen molar-refractivity contribution in [3.05, 3.63) is 197 Å². The Hall–Kier alpha value is -5.80. The smallest absolute Gasteiger partial charge is 0.164 e. The van der Waals surface area contributed by atoms with Gasteiger partial charge in [-0.25, -0.2) is 4.99 Å². The number of nitrogens with zero attached hydrogens (tertiary/aromatic N) is 2. The van der Waals surface area contributed by atoms with E-state index in [-0.39, 0.29) is 11.3 Å². The Morgan fingerprint density at radius 3 is 2.19 bits per heavy atom. The lowest BCUT2D eigenvalue weighted by Gasteiger charge is -2.44. The van der Waals surface area contributed by atoms with E-state index in [0.29, 0.717) is 17.5 Å². The molecule has 0 bridgehead atoms. The van der Waals surface area contributed by atoms with Crippen LogP contribution in [-0.4, -0.2) is 16.1 Å². The van der Waals surface area contributed by atoms with Gasteiger partial charge in [0.05, 0.1) is 16.9 Å². The Kier molecular flexibility index (Phi) is 6.79. The third-order valence-corrected chi connectivity index (χ3v) is 10.6. The van der Waals surface area contributed by atoms with Crippen LogP contribution in [0.3, 0.4) is 0 Å². The molecule has 5 aromatic carbocycles. The van der Waals surface area contributed by atoms with E-state index in [1.54, 1.807) is 0 Å². The topological polar surface area (TPSA) is 41.1 Å². The first-order valence-electron chi connectivity index (χ1n) is 16.9. The van der Waals surface area contributed by atoms with Crippen LogP contribution in [0.25, 0.3) is 22.6 Å². The minimum absolute atomic E-state index is 0.219. The van der Waals surface area contributed by atoms with Gasteiger partial charge in [0, 0.05) is 22.3 Å². The molecule has 3 aliphatic rings. The van der Waals surface area contributed by atoms with Crippen LogP contribution in [0.15, 0.2) is 169 Å². The summed E-state index contributed by atoms with van der Waals surface area (Å²) in [6.45, 7) is 0. The van der Waals surface area contributed by atoms with Gasteiger partial charge in [-0.3, -0.25) is 9.98 Å². The van der Waals surface area contributed by atoms with Crippen LogP contribution in [0.4, 0.5) is 5.69 Å². The monoisotopic (exact) mass is 617 g/mol. The second-order valence-electron chi connectivity index (χ2n) is 13.0. The summed E-state index contributed by atoms with van der Waals surface area (Å²) in [5.74, 6) is 1.19. The van der Waals surface area contributed by atoms with E-state index < -0.39 is 0 Å². The first kappa shape index (κ1) is 28.4. The highest BCUT2D eigenvalue weighted by Crippen LogP contribution is 2.62. The summed E-state index contributed by atoms with van der Waals surface area (Å²) in [7, 11) is 0. The number of hydrogen-bond donors (Lipinski definition) is 1. The molecule has 0 spiro atoms. The highest BCUT2D eigenvalue weighted by atomic mass is 15.1. The van der Waals surface area contributed by atoms with Crippen molar-refractivity contribution in [2.75, 3.05) is 0 Å². The van der Waals surface area contributed by atoms with Crippen molar-refractivity contribution in [2.45, 2.75) is 18.3 Å². The molecule has 0 saturated heterocycles. The van der Waals surface area contributed by atoms with E-state index >= 15 is 0 Å². The van der Waals surface area contributed by atoms with Crippen LogP contribution in [0, 0.1) is 17.2 Å². The third kappa shape index (κ3) is 4.28. The fourth-order valence-electron chi connectivity index (χ4n) is 8.68. The SMILES string of the molecule is N=C(/C(=N\c1ccccc1)n1c2c(c3ccccc31)CC1C(=C2)c2ccccc2C1(c1ccccc1)C1C=CC=CC1)c1ccccc1. The molecule has 1 N–H and O–H groups in total. The van der Waals surface area contributed by atoms with Gasteiger partial charge in [-0.15, -0.1) is 0 Å². The van der Waals surface area contributed by atoms with Crippen molar-refractivity contribution in [1.29, 1.82) is 5.41 Å². The van der Waals surface area contributed by atoms with E-state index in [1.165, 1.54) is 33.2 Å². The van der Waals surface area contributed by atoms with Crippen molar-refractivity contribution < 1.29 is 0 Å². The first-order chi connectivity index (χ1) is 23.7. The molecule has 3 aliphatic carbocycles.